The first-order valence-electron chi connectivity index (χ1n) is 8.31. The second-order valence-corrected chi connectivity index (χ2v) is 6.10. The third kappa shape index (κ3) is 4.41. The van der Waals surface area contributed by atoms with E-state index in [4.69, 9.17) is 14.3 Å². The first-order chi connectivity index (χ1) is 13.0. The molecule has 1 atom stereocenters. The highest BCUT2D eigenvalue weighted by Gasteiger charge is 2.23. The zero-order valence-corrected chi connectivity index (χ0v) is 14.9. The van der Waals surface area contributed by atoms with E-state index < -0.39 is 10.9 Å². The molecule has 0 aliphatic carbocycles. The van der Waals surface area contributed by atoms with Gasteiger partial charge in [-0.2, -0.15) is 0 Å². The van der Waals surface area contributed by atoms with Gasteiger partial charge in [-0.1, -0.05) is 17.3 Å². The van der Waals surface area contributed by atoms with E-state index in [1.54, 1.807) is 19.2 Å². The molecule has 0 fully saturated rings. The van der Waals surface area contributed by atoms with Gasteiger partial charge in [0, 0.05) is 30.2 Å². The minimum atomic E-state index is -0.550. The smallest absolute Gasteiger partial charge is 0.339 e. The number of carbonyl (C=O) groups excluding carboxylic acids is 1. The van der Waals surface area contributed by atoms with E-state index in [9.17, 15) is 14.9 Å². The predicted molar refractivity (Wildman–Crippen MR) is 97.1 cm³/mol. The molecule has 1 unspecified atom stereocenters. The van der Waals surface area contributed by atoms with Crippen molar-refractivity contribution in [2.75, 3.05) is 7.11 Å². The standard InChI is InChI=1S/C19H18N2O6/c1-12-9-17(16-8-7-15(25-2)11-18(16)26-12)20-27-19(22)10-13-3-5-14(6-4-13)21(23)24/h3-8,11-12H,9-10H2,1-2H3. The molecule has 0 saturated heterocycles. The number of hydrogen-bond acceptors (Lipinski definition) is 7. The highest BCUT2D eigenvalue weighted by atomic mass is 16.7. The van der Waals surface area contributed by atoms with E-state index in [0.29, 0.717) is 29.2 Å². The third-order valence-corrected chi connectivity index (χ3v) is 4.06. The van der Waals surface area contributed by atoms with Crippen LogP contribution in [0.2, 0.25) is 0 Å². The summed E-state index contributed by atoms with van der Waals surface area (Å²) in [5.74, 6) is 0.737. The maximum Gasteiger partial charge on any atom is 0.339 e. The molecule has 2 aromatic carbocycles. The Bertz CT molecular complexity index is 892. The van der Waals surface area contributed by atoms with Gasteiger partial charge in [0.1, 0.15) is 17.6 Å². The lowest BCUT2D eigenvalue weighted by Gasteiger charge is -2.24. The molecule has 0 radical (unpaired) electrons. The van der Waals surface area contributed by atoms with Crippen LogP contribution >= 0.6 is 0 Å². The summed E-state index contributed by atoms with van der Waals surface area (Å²) in [6.07, 6.45) is 0.359. The molecule has 0 saturated carbocycles. The molecule has 0 N–H and O–H groups in total. The van der Waals surface area contributed by atoms with E-state index in [1.165, 1.54) is 24.3 Å². The van der Waals surface area contributed by atoms with Gasteiger partial charge < -0.3 is 14.3 Å². The van der Waals surface area contributed by atoms with Crippen molar-refractivity contribution >= 4 is 17.4 Å². The lowest BCUT2D eigenvalue weighted by atomic mass is 10.0. The quantitative estimate of drug-likeness (QED) is 0.455. The minimum Gasteiger partial charge on any atom is -0.497 e. The van der Waals surface area contributed by atoms with Gasteiger partial charge >= 0.3 is 5.97 Å². The van der Waals surface area contributed by atoms with Crippen LogP contribution in [-0.4, -0.2) is 29.8 Å². The topological polar surface area (TPSA) is 100 Å². The molecule has 0 bridgehead atoms. The van der Waals surface area contributed by atoms with Crippen molar-refractivity contribution < 1.29 is 24.0 Å². The van der Waals surface area contributed by atoms with Crippen LogP contribution in [-0.2, 0) is 16.1 Å². The molecule has 3 rings (SSSR count). The first kappa shape index (κ1) is 18.4. The van der Waals surface area contributed by atoms with E-state index in [2.05, 4.69) is 5.16 Å². The lowest BCUT2D eigenvalue weighted by Crippen LogP contribution is -2.25. The van der Waals surface area contributed by atoms with Gasteiger partial charge in [-0.3, -0.25) is 10.1 Å². The zero-order chi connectivity index (χ0) is 19.4. The van der Waals surface area contributed by atoms with Crippen molar-refractivity contribution in [2.24, 2.45) is 5.16 Å². The highest BCUT2D eigenvalue weighted by molar-refractivity contribution is 6.04. The second-order valence-electron chi connectivity index (χ2n) is 6.10. The average Bonchev–Trinajstić information content (AvgIpc) is 2.65. The summed E-state index contributed by atoms with van der Waals surface area (Å²) in [4.78, 5) is 27.3. The summed E-state index contributed by atoms with van der Waals surface area (Å²) < 4.78 is 11.0. The Hall–Kier alpha value is -3.42. The number of nitrogens with zero attached hydrogens (tertiary/aromatic N) is 2. The van der Waals surface area contributed by atoms with Crippen molar-refractivity contribution in [3.63, 3.8) is 0 Å². The summed E-state index contributed by atoms with van der Waals surface area (Å²) in [5.41, 5.74) is 1.94. The largest absolute Gasteiger partial charge is 0.497 e. The summed E-state index contributed by atoms with van der Waals surface area (Å²) in [6.45, 7) is 1.90. The molecule has 140 valence electrons. The van der Waals surface area contributed by atoms with Gasteiger partial charge in [0.05, 0.1) is 24.2 Å². The van der Waals surface area contributed by atoms with E-state index >= 15 is 0 Å². The van der Waals surface area contributed by atoms with Gasteiger partial charge in [0.15, 0.2) is 0 Å². The first-order valence-corrected chi connectivity index (χ1v) is 8.31. The van der Waals surface area contributed by atoms with Crippen LogP contribution in [0, 0.1) is 10.1 Å². The summed E-state index contributed by atoms with van der Waals surface area (Å²) in [5, 5.41) is 14.7. The molecule has 27 heavy (non-hydrogen) atoms. The van der Waals surface area contributed by atoms with Crippen molar-refractivity contribution in [1.29, 1.82) is 0 Å². The van der Waals surface area contributed by atoms with Gasteiger partial charge in [0.2, 0.25) is 0 Å². The van der Waals surface area contributed by atoms with Crippen LogP contribution in [0.5, 0.6) is 11.5 Å². The fourth-order valence-electron chi connectivity index (χ4n) is 2.73. The van der Waals surface area contributed by atoms with E-state index in [0.717, 1.165) is 5.56 Å². The number of fused-ring (bicyclic) bond motifs is 1. The fourth-order valence-corrected chi connectivity index (χ4v) is 2.73. The molecule has 1 heterocycles. The van der Waals surface area contributed by atoms with Gasteiger partial charge in [-0.25, -0.2) is 4.79 Å². The van der Waals surface area contributed by atoms with Crippen molar-refractivity contribution in [3.8, 4) is 11.5 Å². The minimum absolute atomic E-state index is 0.0315. The number of methoxy groups -OCH3 is 1. The van der Waals surface area contributed by atoms with Crippen molar-refractivity contribution in [1.82, 2.24) is 0 Å². The number of benzene rings is 2. The van der Waals surface area contributed by atoms with Crippen molar-refractivity contribution in [3.05, 3.63) is 63.7 Å². The van der Waals surface area contributed by atoms with Crippen LogP contribution in [0.1, 0.15) is 24.5 Å². The molecule has 8 nitrogen and oxygen atoms in total. The summed E-state index contributed by atoms with van der Waals surface area (Å²) >= 11 is 0. The van der Waals surface area contributed by atoms with E-state index in [1.807, 2.05) is 13.0 Å². The maximum atomic E-state index is 12.1. The Balaban J connectivity index is 1.70. The van der Waals surface area contributed by atoms with Gasteiger partial charge in [-0.05, 0) is 24.6 Å². The van der Waals surface area contributed by atoms with Crippen molar-refractivity contribution in [2.45, 2.75) is 25.9 Å². The SMILES string of the molecule is COc1ccc2c(c1)OC(C)CC2=NOC(=O)Cc1ccc([N+](=O)[O-])cc1. The molecule has 2 aromatic rings. The second kappa shape index (κ2) is 7.86. The molecular formula is C19H18N2O6. The number of rotatable bonds is 5. The summed E-state index contributed by atoms with van der Waals surface area (Å²) in [6, 6.07) is 11.1. The number of nitro groups is 1. The number of carbonyl (C=O) groups is 1. The maximum absolute atomic E-state index is 12.1. The number of non-ortho nitro benzene ring substituents is 1. The van der Waals surface area contributed by atoms with Gasteiger partial charge in [-0.15, -0.1) is 0 Å². The Morgan fingerprint density at radius 1 is 1.30 bits per heavy atom. The number of hydrogen-bond donors (Lipinski definition) is 0. The van der Waals surface area contributed by atoms with Crippen LogP contribution in [0.4, 0.5) is 5.69 Å². The van der Waals surface area contributed by atoms with Crippen LogP contribution in [0.25, 0.3) is 0 Å². The predicted octanol–water partition coefficient (Wildman–Crippen LogP) is 3.26. The van der Waals surface area contributed by atoms with Gasteiger partial charge in [0.25, 0.3) is 5.69 Å². The molecule has 1 aliphatic heterocycles. The molecule has 0 spiro atoms. The summed E-state index contributed by atoms with van der Waals surface area (Å²) in [7, 11) is 1.57. The third-order valence-electron chi connectivity index (χ3n) is 4.06. The number of ether oxygens (including phenoxy) is 2. The highest BCUT2D eigenvalue weighted by Crippen LogP contribution is 2.31. The molecule has 8 heteroatoms. The van der Waals surface area contributed by atoms with Crippen LogP contribution < -0.4 is 9.47 Å². The number of nitro benzene ring substituents is 1. The average molecular weight is 370 g/mol. The Morgan fingerprint density at radius 3 is 2.70 bits per heavy atom. The van der Waals surface area contributed by atoms with Crippen LogP contribution in [0.15, 0.2) is 47.6 Å². The zero-order valence-electron chi connectivity index (χ0n) is 14.9. The monoisotopic (exact) mass is 370 g/mol. The molecule has 0 amide bonds. The molecular weight excluding hydrogens is 352 g/mol. The number of oxime groups is 1. The lowest BCUT2D eigenvalue weighted by molar-refractivity contribution is -0.384. The Morgan fingerprint density at radius 2 is 2.04 bits per heavy atom. The molecule has 0 aromatic heterocycles. The van der Waals surface area contributed by atoms with Crippen LogP contribution in [0.3, 0.4) is 0 Å². The normalized spacial score (nSPS) is 17.0. The molecule has 1 aliphatic rings. The Kier molecular flexibility index (Phi) is 5.35. The Labute approximate surface area is 155 Å². The fraction of sp³-hybridized carbons (Fsp3) is 0.263. The van der Waals surface area contributed by atoms with E-state index in [-0.39, 0.29) is 18.2 Å².